The molecule has 26 heavy (non-hydrogen) atoms. The molecule has 8 heteroatoms. The van der Waals surface area contributed by atoms with Crippen LogP contribution in [-0.4, -0.2) is 41.3 Å². The van der Waals surface area contributed by atoms with Crippen molar-refractivity contribution in [3.05, 3.63) is 59.1 Å². The van der Waals surface area contributed by atoms with Crippen molar-refractivity contribution < 1.29 is 22.7 Å². The molecule has 2 aromatic carbocycles. The number of ether oxygens (including phenoxy) is 2. The molecule has 2 rings (SSSR count). The fourth-order valence-corrected chi connectivity index (χ4v) is 3.59. The predicted octanol–water partition coefficient (Wildman–Crippen LogP) is 3.36. The standard InChI is InChI=1S/C18H20ClNO5S/c1-3-24-10-11-25-18(21)14-6-4-9-17(12-14)26(22,23)20(2)16-8-5-7-15(19)13-16/h4-9,12-13H,3,10-11H2,1-2H3. The Hall–Kier alpha value is -2.09. The minimum Gasteiger partial charge on any atom is -0.460 e. The van der Waals surface area contributed by atoms with Gasteiger partial charge in [-0.05, 0) is 43.3 Å². The molecule has 6 nitrogen and oxygen atoms in total. The Bertz CT molecular complexity index is 869. The Morgan fingerprint density at radius 2 is 1.85 bits per heavy atom. The number of nitrogens with zero attached hydrogens (tertiary/aromatic N) is 1. The molecule has 0 aliphatic rings. The van der Waals surface area contributed by atoms with Gasteiger partial charge in [-0.15, -0.1) is 0 Å². The highest BCUT2D eigenvalue weighted by Gasteiger charge is 2.23. The van der Waals surface area contributed by atoms with E-state index in [4.69, 9.17) is 21.1 Å². The molecule has 0 radical (unpaired) electrons. The zero-order valence-corrected chi connectivity index (χ0v) is 16.1. The molecule has 0 fully saturated rings. The van der Waals surface area contributed by atoms with E-state index in [0.29, 0.717) is 17.3 Å². The number of rotatable bonds is 8. The van der Waals surface area contributed by atoms with Gasteiger partial charge in [-0.3, -0.25) is 4.31 Å². The highest BCUT2D eigenvalue weighted by molar-refractivity contribution is 7.92. The summed E-state index contributed by atoms with van der Waals surface area (Å²) < 4.78 is 36.9. The first kappa shape index (κ1) is 20.2. The molecule has 0 heterocycles. The number of anilines is 1. The van der Waals surface area contributed by atoms with Crippen molar-refractivity contribution in [1.29, 1.82) is 0 Å². The fraction of sp³-hybridized carbons (Fsp3) is 0.278. The van der Waals surface area contributed by atoms with Gasteiger partial charge in [0, 0.05) is 18.7 Å². The molecule has 0 spiro atoms. The lowest BCUT2D eigenvalue weighted by Gasteiger charge is -2.20. The largest absolute Gasteiger partial charge is 0.460 e. The fourth-order valence-electron chi connectivity index (χ4n) is 2.17. The maximum absolute atomic E-state index is 12.8. The lowest BCUT2D eigenvalue weighted by Crippen LogP contribution is -2.26. The van der Waals surface area contributed by atoms with Gasteiger partial charge in [0.2, 0.25) is 0 Å². The van der Waals surface area contributed by atoms with Gasteiger partial charge in [0.25, 0.3) is 10.0 Å². The number of benzene rings is 2. The van der Waals surface area contributed by atoms with Crippen LogP contribution in [0.3, 0.4) is 0 Å². The summed E-state index contributed by atoms with van der Waals surface area (Å²) >= 11 is 5.93. The van der Waals surface area contributed by atoms with Crippen molar-refractivity contribution >= 4 is 33.3 Å². The van der Waals surface area contributed by atoms with Crippen molar-refractivity contribution in [2.24, 2.45) is 0 Å². The molecule has 0 amide bonds. The summed E-state index contributed by atoms with van der Waals surface area (Å²) in [6, 6.07) is 12.2. The maximum atomic E-state index is 12.8. The summed E-state index contributed by atoms with van der Waals surface area (Å²) in [5.41, 5.74) is 0.573. The monoisotopic (exact) mass is 397 g/mol. The zero-order valence-electron chi connectivity index (χ0n) is 14.5. The number of hydrogen-bond acceptors (Lipinski definition) is 5. The second kappa shape index (κ2) is 9.02. The Balaban J connectivity index is 2.21. The minimum atomic E-state index is -3.85. The summed E-state index contributed by atoms with van der Waals surface area (Å²) in [5.74, 6) is -0.604. The quantitative estimate of drug-likeness (QED) is 0.504. The Kier molecular flexibility index (Phi) is 7.02. The number of hydrogen-bond donors (Lipinski definition) is 0. The van der Waals surface area contributed by atoms with Gasteiger partial charge in [-0.1, -0.05) is 23.7 Å². The van der Waals surface area contributed by atoms with Crippen LogP contribution >= 0.6 is 11.6 Å². The predicted molar refractivity (Wildman–Crippen MR) is 100 cm³/mol. The first-order valence-corrected chi connectivity index (χ1v) is 9.77. The SMILES string of the molecule is CCOCCOC(=O)c1cccc(S(=O)(=O)N(C)c2cccc(Cl)c2)c1. The van der Waals surface area contributed by atoms with Crippen LogP contribution in [0.1, 0.15) is 17.3 Å². The average Bonchev–Trinajstić information content (AvgIpc) is 2.64. The third-order valence-electron chi connectivity index (χ3n) is 3.56. The van der Waals surface area contributed by atoms with E-state index in [1.54, 1.807) is 24.3 Å². The van der Waals surface area contributed by atoms with Crippen LogP contribution in [0, 0.1) is 0 Å². The number of sulfonamides is 1. The molecule has 0 aliphatic heterocycles. The first-order chi connectivity index (χ1) is 12.4. The van der Waals surface area contributed by atoms with Gasteiger partial charge < -0.3 is 9.47 Å². The Morgan fingerprint density at radius 3 is 2.54 bits per heavy atom. The van der Waals surface area contributed by atoms with Crippen LogP contribution in [0.2, 0.25) is 5.02 Å². The molecule has 0 saturated carbocycles. The maximum Gasteiger partial charge on any atom is 0.338 e. The highest BCUT2D eigenvalue weighted by atomic mass is 35.5. The number of carbonyl (C=O) groups excluding carboxylic acids is 1. The van der Waals surface area contributed by atoms with Crippen molar-refractivity contribution in [3.63, 3.8) is 0 Å². The molecular weight excluding hydrogens is 378 g/mol. The van der Waals surface area contributed by atoms with E-state index in [0.717, 1.165) is 4.31 Å². The van der Waals surface area contributed by atoms with E-state index in [2.05, 4.69) is 0 Å². The normalized spacial score (nSPS) is 11.2. The van der Waals surface area contributed by atoms with Crippen LogP contribution < -0.4 is 4.31 Å². The summed E-state index contributed by atoms with van der Waals surface area (Å²) in [4.78, 5) is 12.1. The van der Waals surface area contributed by atoms with E-state index < -0.39 is 16.0 Å². The van der Waals surface area contributed by atoms with E-state index >= 15 is 0 Å². The average molecular weight is 398 g/mol. The van der Waals surface area contributed by atoms with Crippen LogP contribution in [0.4, 0.5) is 5.69 Å². The van der Waals surface area contributed by atoms with E-state index in [1.807, 2.05) is 6.92 Å². The summed E-state index contributed by atoms with van der Waals surface area (Å²) in [6.45, 7) is 2.76. The van der Waals surface area contributed by atoms with Crippen molar-refractivity contribution in [2.75, 3.05) is 31.2 Å². The third kappa shape index (κ3) is 4.97. The van der Waals surface area contributed by atoms with Crippen LogP contribution in [0.15, 0.2) is 53.4 Å². The second-order valence-electron chi connectivity index (χ2n) is 5.31. The van der Waals surface area contributed by atoms with Gasteiger partial charge in [0.15, 0.2) is 0 Å². The molecule has 2 aromatic rings. The number of halogens is 1. The molecule has 0 aliphatic carbocycles. The van der Waals surface area contributed by atoms with Gasteiger partial charge >= 0.3 is 5.97 Å². The summed E-state index contributed by atoms with van der Waals surface area (Å²) in [7, 11) is -2.43. The van der Waals surface area contributed by atoms with Gasteiger partial charge in [0.1, 0.15) is 6.61 Å². The molecular formula is C18H20ClNO5S. The zero-order chi connectivity index (χ0) is 19.2. The third-order valence-corrected chi connectivity index (χ3v) is 5.58. The first-order valence-electron chi connectivity index (χ1n) is 7.95. The number of esters is 1. The highest BCUT2D eigenvalue weighted by Crippen LogP contribution is 2.25. The van der Waals surface area contributed by atoms with Gasteiger partial charge in [-0.25, -0.2) is 13.2 Å². The minimum absolute atomic E-state index is 0.0146. The van der Waals surface area contributed by atoms with Gasteiger partial charge in [0.05, 0.1) is 22.8 Å². The molecule has 0 saturated heterocycles. The van der Waals surface area contributed by atoms with E-state index in [1.165, 1.54) is 31.3 Å². The Morgan fingerprint density at radius 1 is 1.12 bits per heavy atom. The Labute approximate surface area is 158 Å². The van der Waals surface area contributed by atoms with Crippen LogP contribution in [-0.2, 0) is 19.5 Å². The van der Waals surface area contributed by atoms with Crippen molar-refractivity contribution in [3.8, 4) is 0 Å². The molecule has 0 bridgehead atoms. The topological polar surface area (TPSA) is 72.9 Å². The summed E-state index contributed by atoms with van der Waals surface area (Å²) in [6.07, 6.45) is 0. The van der Waals surface area contributed by atoms with E-state index in [-0.39, 0.29) is 23.7 Å². The molecule has 140 valence electrons. The lowest BCUT2D eigenvalue weighted by molar-refractivity contribution is 0.0335. The van der Waals surface area contributed by atoms with Crippen LogP contribution in [0.5, 0.6) is 0 Å². The molecule has 0 N–H and O–H groups in total. The van der Waals surface area contributed by atoms with Crippen molar-refractivity contribution in [2.45, 2.75) is 11.8 Å². The van der Waals surface area contributed by atoms with Gasteiger partial charge in [-0.2, -0.15) is 0 Å². The smallest absolute Gasteiger partial charge is 0.338 e. The van der Waals surface area contributed by atoms with Crippen molar-refractivity contribution in [1.82, 2.24) is 0 Å². The summed E-state index contributed by atoms with van der Waals surface area (Å²) in [5, 5.41) is 0.427. The van der Waals surface area contributed by atoms with E-state index in [9.17, 15) is 13.2 Å². The molecule has 0 atom stereocenters. The van der Waals surface area contributed by atoms with Crippen LogP contribution in [0.25, 0.3) is 0 Å². The molecule has 0 aromatic heterocycles. The number of carbonyl (C=O) groups is 1. The second-order valence-corrected chi connectivity index (χ2v) is 7.72. The lowest BCUT2D eigenvalue weighted by atomic mass is 10.2. The molecule has 0 unspecified atom stereocenters.